The quantitative estimate of drug-likeness (QED) is 0.247. The molecule has 1 aliphatic rings. The lowest BCUT2D eigenvalue weighted by Gasteiger charge is -2.19. The normalized spacial score (nSPS) is 14.8. The number of rotatable bonds is 6. The van der Waals surface area contributed by atoms with Crippen molar-refractivity contribution in [1.29, 1.82) is 5.41 Å². The van der Waals surface area contributed by atoms with E-state index in [0.717, 1.165) is 12.1 Å². The van der Waals surface area contributed by atoms with Gasteiger partial charge in [0.05, 0.1) is 16.2 Å². The summed E-state index contributed by atoms with van der Waals surface area (Å²) < 4.78 is 59.8. The Morgan fingerprint density at radius 3 is 2.51 bits per heavy atom. The van der Waals surface area contributed by atoms with Gasteiger partial charge in [0.15, 0.2) is 11.8 Å². The van der Waals surface area contributed by atoms with Gasteiger partial charge in [0.1, 0.15) is 11.6 Å². The first-order valence-corrected chi connectivity index (χ1v) is 12.1. The van der Waals surface area contributed by atoms with Gasteiger partial charge in [-0.2, -0.15) is 13.2 Å². The summed E-state index contributed by atoms with van der Waals surface area (Å²) >= 11 is 4.02. The maximum absolute atomic E-state index is 13.5. The summed E-state index contributed by atoms with van der Waals surface area (Å²) in [5.41, 5.74) is -0.741. The lowest BCUT2D eigenvalue weighted by atomic mass is 10.1. The van der Waals surface area contributed by atoms with E-state index in [-0.39, 0.29) is 15.8 Å². The number of hydrogen-bond acceptors (Lipinski definition) is 5. The van der Waals surface area contributed by atoms with Gasteiger partial charge in [0.25, 0.3) is 11.8 Å². The maximum atomic E-state index is 13.5. The highest BCUT2D eigenvalue weighted by Gasteiger charge is 2.40. The molecule has 0 bridgehead atoms. The number of benzene rings is 3. The Morgan fingerprint density at radius 2 is 1.81 bits per heavy atom. The molecule has 0 aliphatic carbocycles. The molecule has 1 aliphatic heterocycles. The first-order valence-electron chi connectivity index (χ1n) is 10.5. The van der Waals surface area contributed by atoms with E-state index in [4.69, 9.17) is 10.1 Å². The Balaban J connectivity index is 1.56. The summed E-state index contributed by atoms with van der Waals surface area (Å²) in [6.07, 6.45) is -3.33. The second kappa shape index (κ2) is 10.8. The van der Waals surface area contributed by atoms with E-state index in [1.165, 1.54) is 42.5 Å². The van der Waals surface area contributed by atoms with Crippen molar-refractivity contribution in [3.05, 3.63) is 93.1 Å². The Morgan fingerprint density at radius 1 is 1.11 bits per heavy atom. The lowest BCUT2D eigenvalue weighted by Crippen LogP contribution is -2.30. The van der Waals surface area contributed by atoms with Crippen molar-refractivity contribution < 1.29 is 31.9 Å². The summed E-state index contributed by atoms with van der Waals surface area (Å²) in [7, 11) is 0. The van der Waals surface area contributed by atoms with E-state index in [2.05, 4.69) is 21.2 Å². The van der Waals surface area contributed by atoms with E-state index in [1.807, 2.05) is 0 Å². The van der Waals surface area contributed by atoms with Crippen LogP contribution in [0.1, 0.15) is 11.1 Å². The number of halogens is 5. The van der Waals surface area contributed by atoms with Crippen molar-refractivity contribution in [3.63, 3.8) is 0 Å². The highest BCUT2D eigenvalue weighted by Crippen LogP contribution is 2.42. The summed E-state index contributed by atoms with van der Waals surface area (Å²) in [6.45, 7) is -0.406. The van der Waals surface area contributed by atoms with Crippen LogP contribution in [0.25, 0.3) is 6.08 Å². The van der Waals surface area contributed by atoms with Gasteiger partial charge < -0.3 is 10.1 Å². The Hall–Kier alpha value is -3.64. The lowest BCUT2D eigenvalue weighted by molar-refractivity contribution is -0.137. The molecule has 0 unspecified atom stereocenters. The number of alkyl halides is 3. The third-order valence-electron chi connectivity index (χ3n) is 5.02. The molecule has 6 nitrogen and oxygen atoms in total. The van der Waals surface area contributed by atoms with Crippen molar-refractivity contribution in [2.45, 2.75) is 6.18 Å². The van der Waals surface area contributed by atoms with Gasteiger partial charge in [-0.25, -0.2) is 4.39 Å². The van der Waals surface area contributed by atoms with Gasteiger partial charge >= 0.3 is 6.18 Å². The van der Waals surface area contributed by atoms with Crippen molar-refractivity contribution in [1.82, 2.24) is 0 Å². The Labute approximate surface area is 220 Å². The molecular formula is C25H16BrF4N3O3S. The zero-order valence-electron chi connectivity index (χ0n) is 18.6. The van der Waals surface area contributed by atoms with Crippen LogP contribution in [0.3, 0.4) is 0 Å². The fourth-order valence-corrected chi connectivity index (χ4v) is 4.62. The summed E-state index contributed by atoms with van der Waals surface area (Å²) in [5, 5.41) is 10.3. The van der Waals surface area contributed by atoms with Crippen LogP contribution in [0.4, 0.5) is 28.9 Å². The molecule has 1 fully saturated rings. The van der Waals surface area contributed by atoms with Gasteiger partial charge in [-0.3, -0.25) is 19.9 Å². The van der Waals surface area contributed by atoms with Crippen molar-refractivity contribution in [2.24, 2.45) is 0 Å². The van der Waals surface area contributed by atoms with Crippen LogP contribution < -0.4 is 15.0 Å². The summed E-state index contributed by atoms with van der Waals surface area (Å²) in [6, 6.07) is 14.5. The summed E-state index contributed by atoms with van der Waals surface area (Å²) in [5.74, 6) is -1.54. The van der Waals surface area contributed by atoms with Crippen LogP contribution in [0.2, 0.25) is 0 Å². The second-order valence-electron chi connectivity index (χ2n) is 7.60. The molecule has 0 spiro atoms. The molecule has 4 rings (SSSR count). The minimum Gasteiger partial charge on any atom is -0.483 e. The average molecular weight is 594 g/mol. The van der Waals surface area contributed by atoms with Gasteiger partial charge in [0.2, 0.25) is 0 Å². The number of amides is 2. The number of carbonyl (C=O) groups is 2. The topological polar surface area (TPSA) is 82.5 Å². The first-order chi connectivity index (χ1) is 17.5. The van der Waals surface area contributed by atoms with Gasteiger partial charge in [-0.05, 0) is 72.4 Å². The number of ether oxygens (including phenoxy) is 1. The summed E-state index contributed by atoms with van der Waals surface area (Å²) in [4.78, 5) is 26.0. The number of carbonyl (C=O) groups excluding carboxylic acids is 2. The molecular weight excluding hydrogens is 578 g/mol. The molecule has 2 N–H and O–H groups in total. The standard InChI is InChI=1S/C25H16BrF4N3O3S/c26-15-5-10-20(36-13-22(34)32-17-8-6-16(27)7-9-17)14(11-15)12-21-23(35)33(24(31)37-21)19-4-2-1-3-18(19)25(28,29)30/h1-12,31H,13H2,(H,32,34)/b21-12-,31-24?. The number of para-hydroxylation sites is 1. The van der Waals surface area contributed by atoms with Crippen LogP contribution in [0, 0.1) is 11.2 Å². The predicted molar refractivity (Wildman–Crippen MR) is 137 cm³/mol. The minimum absolute atomic E-state index is 0.000640. The average Bonchev–Trinajstić information content (AvgIpc) is 3.12. The fraction of sp³-hybridized carbons (Fsp3) is 0.0800. The third-order valence-corrected chi connectivity index (χ3v) is 6.40. The van der Waals surface area contributed by atoms with Gasteiger partial charge in [0, 0.05) is 15.7 Å². The third kappa shape index (κ3) is 6.20. The van der Waals surface area contributed by atoms with Gasteiger partial charge in [-0.15, -0.1) is 0 Å². The van der Waals surface area contributed by atoms with E-state index in [0.29, 0.717) is 32.4 Å². The predicted octanol–water partition coefficient (Wildman–Crippen LogP) is 6.68. The van der Waals surface area contributed by atoms with E-state index >= 15 is 0 Å². The van der Waals surface area contributed by atoms with Crippen LogP contribution in [-0.2, 0) is 15.8 Å². The molecule has 0 aromatic heterocycles. The molecule has 0 radical (unpaired) electrons. The molecule has 1 heterocycles. The molecule has 3 aromatic rings. The number of nitrogens with one attached hydrogen (secondary N) is 2. The zero-order chi connectivity index (χ0) is 26.7. The molecule has 2 amide bonds. The largest absolute Gasteiger partial charge is 0.483 e. The van der Waals surface area contributed by atoms with Crippen LogP contribution >= 0.6 is 27.7 Å². The van der Waals surface area contributed by atoms with Crippen LogP contribution in [0.15, 0.2) is 76.1 Å². The smallest absolute Gasteiger partial charge is 0.418 e. The van der Waals surface area contributed by atoms with Crippen molar-refractivity contribution in [3.8, 4) is 5.75 Å². The SMILES string of the molecule is N=C1S/C(=C\c2cc(Br)ccc2OCC(=O)Nc2ccc(F)cc2)C(=O)N1c1ccccc1C(F)(F)F. The number of hydrogen-bond donors (Lipinski definition) is 2. The van der Waals surface area contributed by atoms with E-state index < -0.39 is 41.7 Å². The molecule has 190 valence electrons. The Bertz CT molecular complexity index is 1410. The minimum atomic E-state index is -4.71. The number of anilines is 2. The maximum Gasteiger partial charge on any atom is 0.418 e. The number of amidine groups is 1. The zero-order valence-corrected chi connectivity index (χ0v) is 21.0. The number of thioether (sulfide) groups is 1. The number of nitrogens with zero attached hydrogens (tertiary/aromatic N) is 1. The molecule has 1 saturated heterocycles. The van der Waals surface area contributed by atoms with Gasteiger partial charge in [-0.1, -0.05) is 28.1 Å². The Kier molecular flexibility index (Phi) is 7.69. The highest BCUT2D eigenvalue weighted by atomic mass is 79.9. The van der Waals surface area contributed by atoms with Crippen LogP contribution in [-0.4, -0.2) is 23.6 Å². The molecule has 3 aromatic carbocycles. The van der Waals surface area contributed by atoms with E-state index in [9.17, 15) is 27.2 Å². The van der Waals surface area contributed by atoms with E-state index in [1.54, 1.807) is 18.2 Å². The molecule has 37 heavy (non-hydrogen) atoms. The van der Waals surface area contributed by atoms with Crippen LogP contribution in [0.5, 0.6) is 5.75 Å². The monoisotopic (exact) mass is 593 g/mol. The molecule has 12 heteroatoms. The first kappa shape index (κ1) is 26.4. The van der Waals surface area contributed by atoms with Crippen molar-refractivity contribution in [2.75, 3.05) is 16.8 Å². The molecule has 0 saturated carbocycles. The fourth-order valence-electron chi connectivity index (χ4n) is 3.39. The second-order valence-corrected chi connectivity index (χ2v) is 9.54. The highest BCUT2D eigenvalue weighted by molar-refractivity contribution is 9.10. The molecule has 0 atom stereocenters. The van der Waals surface area contributed by atoms with Crippen molar-refractivity contribution >= 4 is 62.1 Å².